The Labute approximate surface area is 99.4 Å². The van der Waals surface area contributed by atoms with Crippen molar-refractivity contribution < 1.29 is 14.7 Å². The molecule has 0 spiro atoms. The van der Waals surface area contributed by atoms with E-state index in [2.05, 4.69) is 0 Å². The number of fused-ring (bicyclic) bond motifs is 1. The first-order chi connectivity index (χ1) is 8.06. The Hall–Kier alpha value is -1.68. The summed E-state index contributed by atoms with van der Waals surface area (Å²) in [5.74, 6) is -1.06. The van der Waals surface area contributed by atoms with Crippen molar-refractivity contribution in [3.8, 4) is 0 Å². The number of carbonyl (C=O) groups is 2. The molecule has 3 N–H and O–H groups in total. The van der Waals surface area contributed by atoms with E-state index in [0.717, 1.165) is 18.4 Å². The van der Waals surface area contributed by atoms with Crippen molar-refractivity contribution in [3.05, 3.63) is 34.9 Å². The van der Waals surface area contributed by atoms with Crippen LogP contribution in [0.5, 0.6) is 0 Å². The highest BCUT2D eigenvalue weighted by Gasteiger charge is 2.19. The minimum absolute atomic E-state index is 0.0557. The minimum Gasteiger partial charge on any atom is -0.481 e. The van der Waals surface area contributed by atoms with Crippen molar-refractivity contribution in [2.24, 2.45) is 5.73 Å². The lowest BCUT2D eigenvalue weighted by Crippen LogP contribution is -2.19. The van der Waals surface area contributed by atoms with Crippen molar-refractivity contribution in [1.29, 1.82) is 0 Å². The summed E-state index contributed by atoms with van der Waals surface area (Å²) >= 11 is 0. The van der Waals surface area contributed by atoms with Crippen LogP contribution in [0.15, 0.2) is 18.2 Å². The Balaban J connectivity index is 2.10. The molecule has 0 amide bonds. The van der Waals surface area contributed by atoms with Gasteiger partial charge in [-0.05, 0) is 30.0 Å². The Morgan fingerprint density at radius 3 is 2.65 bits per heavy atom. The first kappa shape index (κ1) is 11.8. The maximum absolute atomic E-state index is 11.7. The minimum atomic E-state index is -0.943. The predicted octanol–water partition coefficient (Wildman–Crippen LogP) is 1.16. The van der Waals surface area contributed by atoms with E-state index in [4.69, 9.17) is 10.8 Å². The van der Waals surface area contributed by atoms with Gasteiger partial charge in [-0.1, -0.05) is 12.1 Å². The van der Waals surface area contributed by atoms with Crippen LogP contribution in [0.3, 0.4) is 0 Å². The van der Waals surface area contributed by atoms with Gasteiger partial charge in [-0.25, -0.2) is 0 Å². The van der Waals surface area contributed by atoms with E-state index in [9.17, 15) is 9.59 Å². The molecule has 17 heavy (non-hydrogen) atoms. The summed E-state index contributed by atoms with van der Waals surface area (Å²) in [4.78, 5) is 22.1. The molecular formula is C13H15NO3. The molecule has 0 fully saturated rings. The third kappa shape index (κ3) is 2.71. The number of carboxylic acid groups (broad SMARTS) is 1. The van der Waals surface area contributed by atoms with Gasteiger partial charge in [-0.2, -0.15) is 0 Å². The molecule has 0 heterocycles. The molecule has 0 saturated heterocycles. The van der Waals surface area contributed by atoms with Crippen LogP contribution in [-0.2, 0) is 17.6 Å². The molecule has 0 aliphatic heterocycles. The number of aliphatic carboxylic acids is 1. The molecule has 90 valence electrons. The van der Waals surface area contributed by atoms with Gasteiger partial charge in [0.15, 0.2) is 5.78 Å². The lowest BCUT2D eigenvalue weighted by Gasteiger charge is -2.03. The molecule has 2 rings (SSSR count). The van der Waals surface area contributed by atoms with E-state index in [1.165, 1.54) is 5.56 Å². The van der Waals surface area contributed by atoms with Gasteiger partial charge < -0.3 is 10.8 Å². The molecule has 4 heteroatoms. The first-order valence-corrected chi connectivity index (χ1v) is 5.68. The van der Waals surface area contributed by atoms with Crippen LogP contribution in [0.25, 0.3) is 0 Å². The first-order valence-electron chi connectivity index (χ1n) is 5.68. The van der Waals surface area contributed by atoms with Crippen LogP contribution in [0.1, 0.15) is 34.3 Å². The number of carboxylic acids is 1. The third-order valence-electron chi connectivity index (χ3n) is 3.06. The van der Waals surface area contributed by atoms with Crippen molar-refractivity contribution in [2.45, 2.75) is 31.7 Å². The van der Waals surface area contributed by atoms with Gasteiger partial charge in [-0.15, -0.1) is 0 Å². The molecule has 1 unspecified atom stereocenters. The van der Waals surface area contributed by atoms with Crippen LogP contribution in [0, 0.1) is 0 Å². The van der Waals surface area contributed by atoms with Crippen molar-refractivity contribution in [3.63, 3.8) is 0 Å². The summed E-state index contributed by atoms with van der Waals surface area (Å²) in [7, 11) is 0. The Kier molecular flexibility index (Phi) is 3.24. The van der Waals surface area contributed by atoms with Crippen LogP contribution in [-0.4, -0.2) is 22.9 Å². The van der Waals surface area contributed by atoms with Crippen molar-refractivity contribution in [2.75, 3.05) is 0 Å². The van der Waals surface area contributed by atoms with Crippen LogP contribution in [0.2, 0.25) is 0 Å². The van der Waals surface area contributed by atoms with Gasteiger partial charge in [0.2, 0.25) is 0 Å². The number of hydrogen-bond donors (Lipinski definition) is 2. The summed E-state index contributed by atoms with van der Waals surface area (Å²) in [6.45, 7) is 0. The molecule has 1 aromatic rings. The van der Waals surface area contributed by atoms with Crippen molar-refractivity contribution in [1.82, 2.24) is 0 Å². The topological polar surface area (TPSA) is 80.4 Å². The van der Waals surface area contributed by atoms with E-state index >= 15 is 0 Å². The molecule has 1 aromatic carbocycles. The second-order valence-corrected chi connectivity index (χ2v) is 4.47. The van der Waals surface area contributed by atoms with Crippen molar-refractivity contribution >= 4 is 11.8 Å². The highest BCUT2D eigenvalue weighted by molar-refractivity contribution is 5.97. The van der Waals surface area contributed by atoms with Gasteiger partial charge in [0.25, 0.3) is 0 Å². The summed E-state index contributed by atoms with van der Waals surface area (Å²) in [5, 5.41) is 8.53. The number of hydrogen-bond acceptors (Lipinski definition) is 3. The largest absolute Gasteiger partial charge is 0.481 e. The SMILES string of the molecule is NC1Cc2ccc(C(=O)CCC(=O)O)cc2C1. The van der Waals surface area contributed by atoms with Gasteiger partial charge in [0, 0.05) is 18.0 Å². The molecule has 1 aliphatic carbocycles. The Bertz CT molecular complexity index is 468. The van der Waals surface area contributed by atoms with Gasteiger partial charge in [0.1, 0.15) is 0 Å². The number of ketones is 1. The summed E-state index contributed by atoms with van der Waals surface area (Å²) < 4.78 is 0. The highest BCUT2D eigenvalue weighted by Crippen LogP contribution is 2.23. The average Bonchev–Trinajstić information content (AvgIpc) is 2.64. The number of Topliss-reactive ketones (excluding diaryl/α,β-unsaturated/α-hetero) is 1. The molecule has 0 bridgehead atoms. The molecule has 0 radical (unpaired) electrons. The van der Waals surface area contributed by atoms with E-state index in [-0.39, 0.29) is 24.7 Å². The highest BCUT2D eigenvalue weighted by atomic mass is 16.4. The maximum Gasteiger partial charge on any atom is 0.303 e. The fourth-order valence-electron chi connectivity index (χ4n) is 2.19. The molecule has 0 aromatic heterocycles. The lowest BCUT2D eigenvalue weighted by atomic mass is 10.0. The molecule has 4 nitrogen and oxygen atoms in total. The Morgan fingerprint density at radius 2 is 1.94 bits per heavy atom. The second kappa shape index (κ2) is 4.67. The maximum atomic E-state index is 11.7. The summed E-state index contributed by atoms with van der Waals surface area (Å²) in [6, 6.07) is 5.69. The molecular weight excluding hydrogens is 218 g/mol. The van der Waals surface area contributed by atoms with E-state index in [1.54, 1.807) is 6.07 Å². The van der Waals surface area contributed by atoms with Crippen LogP contribution >= 0.6 is 0 Å². The van der Waals surface area contributed by atoms with Gasteiger partial charge in [-0.3, -0.25) is 9.59 Å². The molecule has 1 aliphatic rings. The second-order valence-electron chi connectivity index (χ2n) is 4.47. The van der Waals surface area contributed by atoms with Gasteiger partial charge >= 0.3 is 5.97 Å². The van der Waals surface area contributed by atoms with E-state index in [1.807, 2.05) is 12.1 Å². The zero-order valence-corrected chi connectivity index (χ0v) is 9.48. The fraction of sp³-hybridized carbons (Fsp3) is 0.385. The van der Waals surface area contributed by atoms with Crippen LogP contribution in [0.4, 0.5) is 0 Å². The number of benzene rings is 1. The molecule has 1 atom stereocenters. The van der Waals surface area contributed by atoms with E-state index in [0.29, 0.717) is 5.56 Å². The zero-order valence-electron chi connectivity index (χ0n) is 9.48. The fourth-order valence-corrected chi connectivity index (χ4v) is 2.19. The standard InChI is InChI=1S/C13H15NO3/c14-11-6-8-1-2-9(5-10(8)7-11)12(15)3-4-13(16)17/h1-2,5,11H,3-4,6-7,14H2,(H,16,17). The predicted molar refractivity (Wildman–Crippen MR) is 63.0 cm³/mol. The summed E-state index contributed by atoms with van der Waals surface area (Å²) in [6.07, 6.45) is 1.60. The smallest absolute Gasteiger partial charge is 0.303 e. The third-order valence-corrected chi connectivity index (χ3v) is 3.06. The van der Waals surface area contributed by atoms with Crippen LogP contribution < -0.4 is 5.73 Å². The monoisotopic (exact) mass is 233 g/mol. The van der Waals surface area contributed by atoms with Gasteiger partial charge in [0.05, 0.1) is 6.42 Å². The zero-order chi connectivity index (χ0) is 12.4. The summed E-state index contributed by atoms with van der Waals surface area (Å²) in [5.41, 5.74) is 8.77. The number of nitrogens with two attached hydrogens (primary N) is 1. The quantitative estimate of drug-likeness (QED) is 0.765. The average molecular weight is 233 g/mol. The normalized spacial score (nSPS) is 17.8. The Morgan fingerprint density at radius 1 is 1.24 bits per heavy atom. The van der Waals surface area contributed by atoms with E-state index < -0.39 is 5.97 Å². The molecule has 0 saturated carbocycles. The number of rotatable bonds is 4. The lowest BCUT2D eigenvalue weighted by molar-refractivity contribution is -0.136. The number of carbonyl (C=O) groups excluding carboxylic acids is 1.